The molecule has 0 atom stereocenters. The molecule has 40 valence electrons. The first-order valence-corrected chi connectivity index (χ1v) is 5.84. The van der Waals surface area contributed by atoms with Crippen LogP contribution in [0.4, 0.5) is 0 Å². The van der Waals surface area contributed by atoms with Crippen molar-refractivity contribution in [2.45, 2.75) is 13.1 Å². The van der Waals surface area contributed by atoms with Crippen LogP contribution in [0.2, 0.25) is 13.1 Å². The molecular formula is C4H8ClNSi. The van der Waals surface area contributed by atoms with E-state index in [1.54, 1.807) is 0 Å². The molecular weight excluding hydrogens is 126 g/mol. The molecule has 0 aromatic rings. The van der Waals surface area contributed by atoms with E-state index in [9.17, 15) is 0 Å². The number of nitrogens with zero attached hydrogens (tertiary/aromatic N) is 1. The van der Waals surface area contributed by atoms with Gasteiger partial charge in [0.2, 0.25) is 0 Å². The fourth-order valence-corrected chi connectivity index (χ4v) is 0.269. The van der Waals surface area contributed by atoms with Crippen LogP contribution in [-0.4, -0.2) is 13.6 Å². The molecule has 3 heteroatoms. The van der Waals surface area contributed by atoms with E-state index in [0.29, 0.717) is 5.50 Å². The minimum absolute atomic E-state index is 0.545. The second kappa shape index (κ2) is 2.34. The Bertz CT molecular complexity index is 94.4. The molecule has 0 aliphatic rings. The molecule has 0 aliphatic carbocycles. The number of nitriles is 1. The van der Waals surface area contributed by atoms with Gasteiger partial charge in [0, 0.05) is 11.2 Å². The maximum atomic E-state index is 8.32. The van der Waals surface area contributed by atoms with E-state index in [2.05, 4.69) is 5.69 Å². The number of hydrogen-bond acceptors (Lipinski definition) is 1. The molecule has 0 bridgehead atoms. The lowest BCUT2D eigenvalue weighted by atomic mass is 11.7. The largest absolute Gasteiger partial charge is 0.207 e. The zero-order valence-electron chi connectivity index (χ0n) is 4.53. The third-order valence-electron chi connectivity index (χ3n) is 0.637. The van der Waals surface area contributed by atoms with Gasteiger partial charge in [-0.15, -0.1) is 11.6 Å². The molecule has 0 rings (SSSR count). The van der Waals surface area contributed by atoms with Gasteiger partial charge in [0.25, 0.3) is 0 Å². The summed E-state index contributed by atoms with van der Waals surface area (Å²) < 4.78 is 0. The van der Waals surface area contributed by atoms with Crippen molar-refractivity contribution in [2.75, 3.05) is 5.50 Å². The lowest BCUT2D eigenvalue weighted by Gasteiger charge is -2.02. The van der Waals surface area contributed by atoms with Gasteiger partial charge in [-0.2, -0.15) is 0 Å². The smallest absolute Gasteiger partial charge is 0.182 e. The monoisotopic (exact) mass is 133 g/mol. The van der Waals surface area contributed by atoms with Crippen molar-refractivity contribution >= 4 is 19.7 Å². The predicted molar refractivity (Wildman–Crippen MR) is 33.8 cm³/mol. The second-order valence-electron chi connectivity index (χ2n) is 2.13. The quantitative estimate of drug-likeness (QED) is 0.393. The van der Waals surface area contributed by atoms with Gasteiger partial charge in [0.05, 0.1) is 0 Å². The molecule has 0 aliphatic heterocycles. The maximum absolute atomic E-state index is 8.32. The van der Waals surface area contributed by atoms with Crippen molar-refractivity contribution in [3.8, 4) is 5.69 Å². The van der Waals surface area contributed by atoms with Gasteiger partial charge in [0.1, 0.15) is 0 Å². The van der Waals surface area contributed by atoms with Crippen LogP contribution in [0.25, 0.3) is 0 Å². The topological polar surface area (TPSA) is 23.8 Å². The standard InChI is InChI=1S/C4H8ClNSi/c1-7(2,3-5)4-6/h3H2,1-2H3. The highest BCUT2D eigenvalue weighted by Crippen LogP contribution is 2.00. The Balaban J connectivity index is 3.66. The first-order chi connectivity index (χ1) is 3.12. The molecule has 0 spiro atoms. The molecule has 0 saturated heterocycles. The van der Waals surface area contributed by atoms with E-state index >= 15 is 0 Å². The Morgan fingerprint density at radius 3 is 2.14 bits per heavy atom. The summed E-state index contributed by atoms with van der Waals surface area (Å²) in [6, 6.07) is 0. The molecule has 0 heterocycles. The molecule has 7 heavy (non-hydrogen) atoms. The summed E-state index contributed by atoms with van der Waals surface area (Å²) >= 11 is 5.43. The lowest BCUT2D eigenvalue weighted by Crippen LogP contribution is -2.25. The van der Waals surface area contributed by atoms with Crippen molar-refractivity contribution in [1.29, 1.82) is 5.26 Å². The molecule has 0 saturated carbocycles. The minimum Gasteiger partial charge on any atom is -0.207 e. The summed E-state index contributed by atoms with van der Waals surface area (Å²) in [6.45, 7) is 3.89. The molecule has 0 amide bonds. The zero-order chi connectivity index (χ0) is 5.91. The number of halogens is 1. The van der Waals surface area contributed by atoms with E-state index in [-0.39, 0.29) is 0 Å². The molecule has 0 aromatic carbocycles. The van der Waals surface area contributed by atoms with Crippen LogP contribution in [0.5, 0.6) is 0 Å². The van der Waals surface area contributed by atoms with Crippen LogP contribution in [-0.2, 0) is 0 Å². The van der Waals surface area contributed by atoms with Crippen molar-refractivity contribution in [2.24, 2.45) is 0 Å². The summed E-state index contributed by atoms with van der Waals surface area (Å²) in [6.07, 6.45) is 0. The fourth-order valence-electron chi connectivity index (χ4n) is 0.0299. The van der Waals surface area contributed by atoms with E-state index < -0.39 is 8.07 Å². The van der Waals surface area contributed by atoms with Crippen molar-refractivity contribution in [3.63, 3.8) is 0 Å². The lowest BCUT2D eigenvalue weighted by molar-refractivity contribution is 1.53. The van der Waals surface area contributed by atoms with Gasteiger partial charge in [0.15, 0.2) is 8.07 Å². The van der Waals surface area contributed by atoms with Crippen LogP contribution >= 0.6 is 11.6 Å². The van der Waals surface area contributed by atoms with Crippen LogP contribution in [0.15, 0.2) is 0 Å². The van der Waals surface area contributed by atoms with Crippen molar-refractivity contribution in [1.82, 2.24) is 0 Å². The normalized spacial score (nSPS) is 10.6. The molecule has 0 fully saturated rings. The highest BCUT2D eigenvalue weighted by Gasteiger charge is 2.17. The highest BCUT2D eigenvalue weighted by atomic mass is 35.5. The Morgan fingerprint density at radius 1 is 1.71 bits per heavy atom. The Kier molecular flexibility index (Phi) is 2.34. The van der Waals surface area contributed by atoms with Crippen molar-refractivity contribution < 1.29 is 0 Å². The number of alkyl halides is 1. The zero-order valence-corrected chi connectivity index (χ0v) is 6.29. The first-order valence-electron chi connectivity index (χ1n) is 2.09. The first kappa shape index (κ1) is 7.00. The average molecular weight is 134 g/mol. The summed E-state index contributed by atoms with van der Waals surface area (Å²) in [4.78, 5) is 0. The van der Waals surface area contributed by atoms with E-state index in [1.807, 2.05) is 13.1 Å². The Labute approximate surface area is 49.9 Å². The van der Waals surface area contributed by atoms with Crippen LogP contribution in [0.1, 0.15) is 0 Å². The summed E-state index contributed by atoms with van der Waals surface area (Å²) in [5.41, 5.74) is 2.74. The SMILES string of the molecule is C[Si](C)(C#N)CCl. The Hall–Kier alpha value is -0.00312. The summed E-state index contributed by atoms with van der Waals surface area (Å²) in [5.74, 6) is 0. The highest BCUT2D eigenvalue weighted by molar-refractivity contribution is 6.89. The second-order valence-corrected chi connectivity index (χ2v) is 7.19. The van der Waals surface area contributed by atoms with Crippen molar-refractivity contribution in [3.05, 3.63) is 0 Å². The molecule has 0 radical (unpaired) electrons. The van der Waals surface area contributed by atoms with E-state index in [1.165, 1.54) is 0 Å². The molecule has 1 nitrogen and oxygen atoms in total. The van der Waals surface area contributed by atoms with E-state index in [4.69, 9.17) is 16.9 Å². The third-order valence-corrected chi connectivity index (χ3v) is 3.91. The van der Waals surface area contributed by atoms with Gasteiger partial charge in [-0.3, -0.25) is 0 Å². The molecule has 0 N–H and O–H groups in total. The van der Waals surface area contributed by atoms with Gasteiger partial charge in [-0.05, 0) is 0 Å². The van der Waals surface area contributed by atoms with Crippen LogP contribution < -0.4 is 0 Å². The Morgan fingerprint density at radius 2 is 2.14 bits per heavy atom. The third kappa shape index (κ3) is 2.66. The van der Waals surface area contributed by atoms with Crippen LogP contribution in [0, 0.1) is 11.0 Å². The van der Waals surface area contributed by atoms with E-state index in [0.717, 1.165) is 0 Å². The number of hydrogen-bond donors (Lipinski definition) is 0. The van der Waals surface area contributed by atoms with Gasteiger partial charge in [-0.1, -0.05) is 13.1 Å². The average Bonchev–Trinajstić information content (AvgIpc) is 1.68. The van der Waals surface area contributed by atoms with Gasteiger partial charge < -0.3 is 0 Å². The van der Waals surface area contributed by atoms with Crippen LogP contribution in [0.3, 0.4) is 0 Å². The number of rotatable bonds is 1. The maximum Gasteiger partial charge on any atom is 0.182 e. The predicted octanol–water partition coefficient (Wildman–Crippen LogP) is 1.54. The fraction of sp³-hybridized carbons (Fsp3) is 0.750. The van der Waals surface area contributed by atoms with Gasteiger partial charge >= 0.3 is 0 Å². The molecule has 0 unspecified atom stereocenters. The molecule has 0 aromatic heterocycles. The summed E-state index contributed by atoms with van der Waals surface area (Å²) in [5, 5.41) is 8.32. The van der Waals surface area contributed by atoms with Gasteiger partial charge in [-0.25, -0.2) is 5.26 Å². The summed E-state index contributed by atoms with van der Waals surface area (Å²) in [7, 11) is -1.58. The minimum atomic E-state index is -1.58.